The highest BCUT2D eigenvalue weighted by Gasteiger charge is 2.06. The number of anilines is 1. The van der Waals surface area contributed by atoms with Gasteiger partial charge in [-0.1, -0.05) is 12.1 Å². The molecule has 7 nitrogen and oxygen atoms in total. The minimum absolute atomic E-state index is 0.133. The van der Waals surface area contributed by atoms with Crippen LogP contribution in [0.5, 0.6) is 5.75 Å². The van der Waals surface area contributed by atoms with Gasteiger partial charge in [0.1, 0.15) is 17.8 Å². The van der Waals surface area contributed by atoms with Crippen molar-refractivity contribution in [2.24, 2.45) is 0 Å². The monoisotopic (exact) mass is 299 g/mol. The SMILES string of the molecule is COc1ccc(/C=C\C(=O)Nc2ccc([N+](=O)[O-])cn2)cc1. The Morgan fingerprint density at radius 2 is 2.00 bits per heavy atom. The van der Waals surface area contributed by atoms with Gasteiger partial charge in [0, 0.05) is 12.1 Å². The molecule has 0 aliphatic rings. The molecule has 0 unspecified atom stereocenters. The normalized spacial score (nSPS) is 10.4. The summed E-state index contributed by atoms with van der Waals surface area (Å²) in [5, 5.41) is 13.0. The van der Waals surface area contributed by atoms with Crippen LogP contribution in [0.25, 0.3) is 6.08 Å². The maximum Gasteiger partial charge on any atom is 0.287 e. The number of carbonyl (C=O) groups is 1. The first-order chi connectivity index (χ1) is 10.6. The molecule has 0 bridgehead atoms. The second-order valence-corrected chi connectivity index (χ2v) is 4.25. The second-order valence-electron chi connectivity index (χ2n) is 4.25. The van der Waals surface area contributed by atoms with E-state index in [-0.39, 0.29) is 17.4 Å². The van der Waals surface area contributed by atoms with E-state index in [9.17, 15) is 14.9 Å². The van der Waals surface area contributed by atoms with Crippen LogP contribution in [-0.2, 0) is 4.79 Å². The number of hydrogen-bond donors (Lipinski definition) is 1. The van der Waals surface area contributed by atoms with Crippen LogP contribution in [0.1, 0.15) is 5.56 Å². The van der Waals surface area contributed by atoms with E-state index in [0.29, 0.717) is 0 Å². The molecule has 1 N–H and O–H groups in total. The van der Waals surface area contributed by atoms with Crippen molar-refractivity contribution in [2.75, 3.05) is 12.4 Å². The van der Waals surface area contributed by atoms with Gasteiger partial charge in [-0.05, 0) is 29.8 Å². The molecular weight excluding hydrogens is 286 g/mol. The Balaban J connectivity index is 1.96. The summed E-state index contributed by atoms with van der Waals surface area (Å²) in [6.07, 6.45) is 4.08. The second kappa shape index (κ2) is 6.98. The van der Waals surface area contributed by atoms with E-state index in [1.807, 2.05) is 12.1 Å². The summed E-state index contributed by atoms with van der Waals surface area (Å²) in [5.41, 5.74) is 0.708. The van der Waals surface area contributed by atoms with E-state index < -0.39 is 4.92 Å². The summed E-state index contributed by atoms with van der Waals surface area (Å²) in [7, 11) is 1.58. The fourth-order valence-corrected chi connectivity index (χ4v) is 1.62. The third-order valence-electron chi connectivity index (χ3n) is 2.75. The Hall–Kier alpha value is -3.22. The lowest BCUT2D eigenvalue weighted by atomic mass is 10.2. The summed E-state index contributed by atoms with van der Waals surface area (Å²) < 4.78 is 5.04. The molecule has 0 saturated heterocycles. The van der Waals surface area contributed by atoms with Gasteiger partial charge < -0.3 is 10.1 Å². The van der Waals surface area contributed by atoms with Gasteiger partial charge in [-0.15, -0.1) is 0 Å². The highest BCUT2D eigenvalue weighted by atomic mass is 16.6. The standard InChI is InChI=1S/C15H13N3O4/c1-22-13-6-2-11(3-7-13)4-9-15(19)17-14-8-5-12(10-16-14)18(20)21/h2-10H,1H3,(H,16,17,19)/b9-4-. The molecule has 22 heavy (non-hydrogen) atoms. The van der Waals surface area contributed by atoms with Crippen molar-refractivity contribution < 1.29 is 14.5 Å². The maximum absolute atomic E-state index is 11.7. The molecule has 0 atom stereocenters. The van der Waals surface area contributed by atoms with Gasteiger partial charge >= 0.3 is 0 Å². The molecule has 0 aliphatic carbocycles. The molecule has 0 aliphatic heterocycles. The number of benzene rings is 1. The summed E-state index contributed by atoms with van der Waals surface area (Å²) in [4.78, 5) is 25.5. The molecule has 1 amide bonds. The lowest BCUT2D eigenvalue weighted by molar-refractivity contribution is -0.385. The molecule has 0 radical (unpaired) electrons. The van der Waals surface area contributed by atoms with E-state index in [1.165, 1.54) is 18.2 Å². The van der Waals surface area contributed by atoms with Gasteiger partial charge in [0.25, 0.3) is 5.69 Å². The Kier molecular flexibility index (Phi) is 4.81. The third-order valence-corrected chi connectivity index (χ3v) is 2.75. The quantitative estimate of drug-likeness (QED) is 0.520. The Morgan fingerprint density at radius 1 is 1.27 bits per heavy atom. The molecule has 112 valence electrons. The number of rotatable bonds is 5. The van der Waals surface area contributed by atoms with Crippen molar-refractivity contribution in [3.63, 3.8) is 0 Å². The zero-order chi connectivity index (χ0) is 15.9. The van der Waals surface area contributed by atoms with Crippen molar-refractivity contribution in [3.05, 3.63) is 64.3 Å². The van der Waals surface area contributed by atoms with E-state index in [4.69, 9.17) is 4.74 Å². The molecule has 1 aromatic carbocycles. The summed E-state index contributed by atoms with van der Waals surface area (Å²) >= 11 is 0. The number of pyridine rings is 1. The average Bonchev–Trinajstić information content (AvgIpc) is 2.54. The Labute approximate surface area is 126 Å². The van der Waals surface area contributed by atoms with E-state index in [2.05, 4.69) is 10.3 Å². The Bertz CT molecular complexity index is 694. The molecule has 1 heterocycles. The largest absolute Gasteiger partial charge is 0.497 e. The zero-order valence-corrected chi connectivity index (χ0v) is 11.7. The Morgan fingerprint density at radius 3 is 2.55 bits per heavy atom. The highest BCUT2D eigenvalue weighted by molar-refractivity contribution is 6.01. The van der Waals surface area contributed by atoms with Crippen molar-refractivity contribution in [1.82, 2.24) is 4.98 Å². The number of nitrogens with one attached hydrogen (secondary N) is 1. The van der Waals surface area contributed by atoms with Gasteiger partial charge in [0.15, 0.2) is 0 Å². The average molecular weight is 299 g/mol. The maximum atomic E-state index is 11.7. The fourth-order valence-electron chi connectivity index (χ4n) is 1.62. The van der Waals surface area contributed by atoms with Crippen LogP contribution in [0.4, 0.5) is 11.5 Å². The van der Waals surface area contributed by atoms with Crippen LogP contribution in [0.2, 0.25) is 0 Å². The predicted octanol–water partition coefficient (Wildman–Crippen LogP) is 2.65. The lowest BCUT2D eigenvalue weighted by Crippen LogP contribution is -2.09. The zero-order valence-electron chi connectivity index (χ0n) is 11.7. The van der Waals surface area contributed by atoms with Crippen molar-refractivity contribution in [1.29, 1.82) is 0 Å². The van der Waals surface area contributed by atoms with Crippen LogP contribution in [0.15, 0.2) is 48.7 Å². The van der Waals surface area contributed by atoms with Gasteiger partial charge in [-0.3, -0.25) is 14.9 Å². The number of nitrogens with zero attached hydrogens (tertiary/aromatic N) is 2. The van der Waals surface area contributed by atoms with Gasteiger partial charge in [-0.2, -0.15) is 0 Å². The molecule has 1 aromatic heterocycles. The first-order valence-corrected chi connectivity index (χ1v) is 6.32. The van der Waals surface area contributed by atoms with E-state index >= 15 is 0 Å². The lowest BCUT2D eigenvalue weighted by Gasteiger charge is -2.01. The fraction of sp³-hybridized carbons (Fsp3) is 0.0667. The first-order valence-electron chi connectivity index (χ1n) is 6.32. The van der Waals surface area contributed by atoms with Gasteiger partial charge in [0.2, 0.25) is 5.91 Å². The third kappa shape index (κ3) is 4.14. The van der Waals surface area contributed by atoms with Crippen LogP contribution in [0, 0.1) is 10.1 Å². The van der Waals surface area contributed by atoms with Gasteiger partial charge in [-0.25, -0.2) is 4.98 Å². The van der Waals surface area contributed by atoms with E-state index in [0.717, 1.165) is 17.5 Å². The number of aromatic nitrogens is 1. The van der Waals surface area contributed by atoms with Crippen molar-refractivity contribution in [3.8, 4) is 5.75 Å². The number of nitro groups is 1. The van der Waals surface area contributed by atoms with Crippen LogP contribution >= 0.6 is 0 Å². The van der Waals surface area contributed by atoms with Crippen LogP contribution in [0.3, 0.4) is 0 Å². The smallest absolute Gasteiger partial charge is 0.287 e. The molecule has 0 fully saturated rings. The van der Waals surface area contributed by atoms with Crippen molar-refractivity contribution >= 4 is 23.5 Å². The topological polar surface area (TPSA) is 94.4 Å². The molecule has 2 rings (SSSR count). The number of carbonyl (C=O) groups excluding carboxylic acids is 1. The van der Waals surface area contributed by atoms with E-state index in [1.54, 1.807) is 25.3 Å². The summed E-state index contributed by atoms with van der Waals surface area (Å²) in [5.74, 6) is 0.601. The minimum atomic E-state index is -0.553. The van der Waals surface area contributed by atoms with Crippen molar-refractivity contribution in [2.45, 2.75) is 0 Å². The summed E-state index contributed by atoms with van der Waals surface area (Å²) in [6, 6.07) is 9.84. The number of methoxy groups -OCH3 is 1. The highest BCUT2D eigenvalue weighted by Crippen LogP contribution is 2.13. The molecule has 0 saturated carbocycles. The molecule has 7 heteroatoms. The molecule has 0 spiro atoms. The number of amides is 1. The van der Waals surface area contributed by atoms with Crippen LogP contribution < -0.4 is 10.1 Å². The molecular formula is C15H13N3O4. The van der Waals surface area contributed by atoms with Crippen LogP contribution in [-0.4, -0.2) is 22.9 Å². The predicted molar refractivity (Wildman–Crippen MR) is 81.5 cm³/mol. The van der Waals surface area contributed by atoms with Gasteiger partial charge in [0.05, 0.1) is 12.0 Å². The number of hydrogen-bond acceptors (Lipinski definition) is 5. The number of ether oxygens (including phenoxy) is 1. The first kappa shape index (κ1) is 15.2. The minimum Gasteiger partial charge on any atom is -0.497 e. The molecule has 2 aromatic rings. The summed E-state index contributed by atoms with van der Waals surface area (Å²) in [6.45, 7) is 0.